The molecule has 1 aliphatic rings. The van der Waals surface area contributed by atoms with Crippen LogP contribution in [0.5, 0.6) is 5.75 Å². The molecule has 0 spiro atoms. The van der Waals surface area contributed by atoms with Crippen LogP contribution in [0.2, 0.25) is 0 Å². The van der Waals surface area contributed by atoms with E-state index in [1.54, 1.807) is 16.8 Å². The Morgan fingerprint density at radius 1 is 0.864 bits per heavy atom. The number of hydrogen-bond acceptors (Lipinski definition) is 7. The summed E-state index contributed by atoms with van der Waals surface area (Å²) >= 11 is 0. The predicted molar refractivity (Wildman–Crippen MR) is 171 cm³/mol. The zero-order chi connectivity index (χ0) is 32.3. The van der Waals surface area contributed by atoms with Gasteiger partial charge in [-0.25, -0.2) is 9.59 Å². The summed E-state index contributed by atoms with van der Waals surface area (Å²) in [5.74, 6) is 0.551. The molecule has 0 aromatic heterocycles. The van der Waals surface area contributed by atoms with Crippen LogP contribution in [0.25, 0.3) is 0 Å². The molecular weight excluding hydrogens is 560 g/mol. The third-order valence-corrected chi connectivity index (χ3v) is 7.00. The molecule has 2 aromatic rings. The van der Waals surface area contributed by atoms with Gasteiger partial charge in [0.05, 0.1) is 0 Å². The van der Waals surface area contributed by atoms with E-state index in [9.17, 15) is 14.4 Å². The number of carbonyl (C=O) groups is 3. The maximum absolute atomic E-state index is 13.5. The number of likely N-dealkylation sites (N-methyl/N-ethyl adjacent to an activating group) is 1. The molecule has 0 radical (unpaired) electrons. The average Bonchev–Trinajstić information content (AvgIpc) is 2.95. The topological polar surface area (TPSA) is 101 Å². The summed E-state index contributed by atoms with van der Waals surface area (Å²) in [6, 6.07) is 16.8. The molecular formula is C34H50N4O6. The Morgan fingerprint density at radius 3 is 2.09 bits per heavy atom. The summed E-state index contributed by atoms with van der Waals surface area (Å²) in [7, 11) is 1.75. The van der Waals surface area contributed by atoms with E-state index in [2.05, 4.69) is 10.2 Å². The minimum absolute atomic E-state index is 0.169. The van der Waals surface area contributed by atoms with Crippen LogP contribution in [0.15, 0.2) is 54.6 Å². The van der Waals surface area contributed by atoms with E-state index in [-0.39, 0.29) is 24.2 Å². The Hall–Kier alpha value is -3.79. The Morgan fingerprint density at radius 2 is 1.50 bits per heavy atom. The lowest BCUT2D eigenvalue weighted by atomic mass is 10.0. The van der Waals surface area contributed by atoms with Crippen molar-refractivity contribution in [2.24, 2.45) is 0 Å². The predicted octanol–water partition coefficient (Wildman–Crippen LogP) is 4.76. The Balaban J connectivity index is 1.54. The third-order valence-electron chi connectivity index (χ3n) is 7.00. The van der Waals surface area contributed by atoms with Crippen molar-refractivity contribution >= 4 is 18.1 Å². The molecule has 1 saturated heterocycles. The number of benzene rings is 2. The number of nitrogens with one attached hydrogen (secondary N) is 1. The molecule has 44 heavy (non-hydrogen) atoms. The van der Waals surface area contributed by atoms with Gasteiger partial charge in [-0.05, 0) is 71.2 Å². The lowest BCUT2D eigenvalue weighted by Crippen LogP contribution is -2.51. The molecule has 3 rings (SSSR count). The number of alkyl carbamates (subject to hydrolysis) is 1. The minimum Gasteiger partial charge on any atom is -0.488 e. The summed E-state index contributed by atoms with van der Waals surface area (Å²) in [5.41, 5.74) is 1.18. The molecule has 1 atom stereocenters. The number of hydrogen-bond donors (Lipinski definition) is 1. The van der Waals surface area contributed by atoms with Crippen LogP contribution in [0, 0.1) is 0 Å². The van der Waals surface area contributed by atoms with E-state index in [0.29, 0.717) is 52.1 Å². The van der Waals surface area contributed by atoms with Crippen LogP contribution in [0.1, 0.15) is 52.7 Å². The molecule has 1 aliphatic heterocycles. The molecule has 0 saturated carbocycles. The quantitative estimate of drug-likeness (QED) is 0.392. The zero-order valence-electron chi connectivity index (χ0n) is 27.4. The largest absolute Gasteiger partial charge is 0.488 e. The highest BCUT2D eigenvalue weighted by Crippen LogP contribution is 2.19. The van der Waals surface area contributed by atoms with Gasteiger partial charge in [-0.15, -0.1) is 0 Å². The number of nitrogens with zero attached hydrogens (tertiary/aromatic N) is 3. The van der Waals surface area contributed by atoms with Gasteiger partial charge in [0.25, 0.3) is 0 Å². The van der Waals surface area contributed by atoms with Crippen LogP contribution in [0.3, 0.4) is 0 Å². The number of carbonyl (C=O) groups excluding carboxylic acids is 3. The molecule has 1 N–H and O–H groups in total. The van der Waals surface area contributed by atoms with Gasteiger partial charge in [-0.3, -0.25) is 9.69 Å². The summed E-state index contributed by atoms with van der Waals surface area (Å²) in [6.07, 6.45) is 0.0697. The van der Waals surface area contributed by atoms with Crippen molar-refractivity contribution in [3.8, 4) is 5.75 Å². The van der Waals surface area contributed by atoms with E-state index in [0.717, 1.165) is 16.9 Å². The Kier molecular flexibility index (Phi) is 12.5. The second-order valence-electron chi connectivity index (χ2n) is 13.2. The fourth-order valence-electron chi connectivity index (χ4n) is 4.73. The molecule has 0 aliphatic carbocycles. The van der Waals surface area contributed by atoms with E-state index in [1.165, 1.54) is 0 Å². The summed E-state index contributed by atoms with van der Waals surface area (Å²) in [4.78, 5) is 44.2. The van der Waals surface area contributed by atoms with E-state index >= 15 is 0 Å². The lowest BCUT2D eigenvalue weighted by molar-refractivity contribution is -0.132. The van der Waals surface area contributed by atoms with Gasteiger partial charge >= 0.3 is 12.2 Å². The van der Waals surface area contributed by atoms with E-state index < -0.39 is 17.7 Å². The van der Waals surface area contributed by atoms with Gasteiger partial charge in [0, 0.05) is 52.7 Å². The van der Waals surface area contributed by atoms with Crippen LogP contribution in [-0.4, -0.2) is 103 Å². The van der Waals surface area contributed by atoms with Crippen molar-refractivity contribution in [3.05, 3.63) is 65.7 Å². The Bertz CT molecular complexity index is 1200. The third kappa shape index (κ3) is 12.4. The molecule has 1 fully saturated rings. The zero-order valence-corrected chi connectivity index (χ0v) is 27.4. The molecule has 3 amide bonds. The summed E-state index contributed by atoms with van der Waals surface area (Å²) < 4.78 is 16.9. The van der Waals surface area contributed by atoms with Crippen molar-refractivity contribution in [1.29, 1.82) is 0 Å². The first kappa shape index (κ1) is 34.7. The average molecular weight is 611 g/mol. The van der Waals surface area contributed by atoms with E-state index in [1.807, 2.05) is 96.1 Å². The van der Waals surface area contributed by atoms with Gasteiger partial charge in [0.15, 0.2) is 0 Å². The molecule has 242 valence electrons. The van der Waals surface area contributed by atoms with Crippen molar-refractivity contribution in [1.82, 2.24) is 20.0 Å². The number of rotatable bonds is 11. The van der Waals surface area contributed by atoms with Crippen LogP contribution in [-0.2, 0) is 27.1 Å². The highest BCUT2D eigenvalue weighted by molar-refractivity contribution is 5.85. The first-order chi connectivity index (χ1) is 20.7. The normalized spacial score (nSPS) is 14.8. The smallest absolute Gasteiger partial charge is 0.410 e. The second-order valence-corrected chi connectivity index (χ2v) is 13.2. The monoisotopic (exact) mass is 610 g/mol. The van der Waals surface area contributed by atoms with Gasteiger partial charge < -0.3 is 29.3 Å². The van der Waals surface area contributed by atoms with Crippen molar-refractivity contribution in [3.63, 3.8) is 0 Å². The number of ether oxygens (including phenoxy) is 3. The molecule has 0 unspecified atom stereocenters. The summed E-state index contributed by atoms with van der Waals surface area (Å²) in [5, 5.41) is 2.81. The molecule has 0 bridgehead atoms. The Labute approximate surface area is 262 Å². The molecule has 10 nitrogen and oxygen atoms in total. The van der Waals surface area contributed by atoms with Crippen molar-refractivity contribution in [2.45, 2.75) is 71.6 Å². The van der Waals surface area contributed by atoms with Gasteiger partial charge in [0.1, 0.15) is 29.6 Å². The molecule has 1 heterocycles. The van der Waals surface area contributed by atoms with Crippen LogP contribution >= 0.6 is 0 Å². The van der Waals surface area contributed by atoms with Crippen LogP contribution < -0.4 is 10.1 Å². The minimum atomic E-state index is -0.796. The molecule has 2 aromatic carbocycles. The van der Waals surface area contributed by atoms with Crippen molar-refractivity contribution in [2.75, 3.05) is 52.9 Å². The van der Waals surface area contributed by atoms with E-state index in [4.69, 9.17) is 14.2 Å². The second kappa shape index (κ2) is 15.8. The standard InChI is InChI=1S/C34H50N4O6/c1-33(2,3)43-28-15-13-27(14-16-28)25-29(30(39)36(7)18-17-26-11-9-8-10-12-26)35-31(40)42-24-23-37-19-21-38(22-20-37)32(41)44-34(4,5)6/h8-16,29H,17-25H2,1-7H3,(H,35,40)/t29-/m0/s1. The maximum atomic E-state index is 13.5. The lowest BCUT2D eigenvalue weighted by Gasteiger charge is -2.35. The molecule has 10 heteroatoms. The summed E-state index contributed by atoms with van der Waals surface area (Å²) in [6.45, 7) is 15.1. The van der Waals surface area contributed by atoms with Gasteiger partial charge in [0.2, 0.25) is 5.91 Å². The maximum Gasteiger partial charge on any atom is 0.410 e. The first-order valence-corrected chi connectivity index (χ1v) is 15.4. The number of amides is 3. The highest BCUT2D eigenvalue weighted by Gasteiger charge is 2.27. The number of piperazine rings is 1. The fourth-order valence-corrected chi connectivity index (χ4v) is 4.73. The van der Waals surface area contributed by atoms with Crippen molar-refractivity contribution < 1.29 is 28.6 Å². The van der Waals surface area contributed by atoms with Gasteiger partial charge in [-0.2, -0.15) is 0 Å². The SMILES string of the molecule is CN(CCc1ccccc1)C(=O)[C@H](Cc1ccc(OC(C)(C)C)cc1)NC(=O)OCCN1CCN(C(=O)OC(C)(C)C)CC1. The highest BCUT2D eigenvalue weighted by atomic mass is 16.6. The van der Waals surface area contributed by atoms with Gasteiger partial charge in [-0.1, -0.05) is 42.5 Å². The first-order valence-electron chi connectivity index (χ1n) is 15.4. The van der Waals surface area contributed by atoms with Crippen LogP contribution in [0.4, 0.5) is 9.59 Å². The fraction of sp³-hybridized carbons (Fsp3) is 0.559.